The molecule has 0 aliphatic heterocycles. The number of ether oxygens (including phenoxy) is 1. The predicted molar refractivity (Wildman–Crippen MR) is 81.5 cm³/mol. The summed E-state index contributed by atoms with van der Waals surface area (Å²) in [6.07, 6.45) is 1.59. The summed E-state index contributed by atoms with van der Waals surface area (Å²) < 4.78 is 6.15. The van der Waals surface area contributed by atoms with Gasteiger partial charge in [0.15, 0.2) is 0 Å². The Morgan fingerprint density at radius 1 is 1.45 bits per heavy atom. The van der Waals surface area contributed by atoms with E-state index in [9.17, 15) is 4.79 Å². The van der Waals surface area contributed by atoms with Crippen LogP contribution in [0.15, 0.2) is 38.6 Å². The second kappa shape index (κ2) is 6.33. The van der Waals surface area contributed by atoms with Gasteiger partial charge in [0.05, 0.1) is 13.3 Å². The molecule has 0 aliphatic carbocycles. The van der Waals surface area contributed by atoms with Crippen molar-refractivity contribution in [3.05, 3.63) is 50.3 Å². The molecule has 6 nitrogen and oxygen atoms in total. The van der Waals surface area contributed by atoms with Crippen molar-refractivity contribution in [2.45, 2.75) is 6.92 Å². The van der Waals surface area contributed by atoms with E-state index >= 15 is 0 Å². The molecular formula is C13H13BrN4O2. The van der Waals surface area contributed by atoms with Gasteiger partial charge in [-0.3, -0.25) is 9.78 Å². The van der Waals surface area contributed by atoms with E-state index < -0.39 is 0 Å². The van der Waals surface area contributed by atoms with Crippen LogP contribution in [0.5, 0.6) is 5.75 Å². The average molecular weight is 337 g/mol. The lowest BCUT2D eigenvalue weighted by Crippen LogP contribution is -2.10. The molecule has 2 rings (SSSR count). The Labute approximate surface area is 124 Å². The zero-order valence-electron chi connectivity index (χ0n) is 11.0. The summed E-state index contributed by atoms with van der Waals surface area (Å²) in [6, 6.07) is 6.99. The summed E-state index contributed by atoms with van der Waals surface area (Å²) in [5, 5.41) is 4.04. The van der Waals surface area contributed by atoms with Crippen LogP contribution in [0.1, 0.15) is 11.3 Å². The first-order valence-corrected chi connectivity index (χ1v) is 6.58. The highest BCUT2D eigenvalue weighted by atomic mass is 79.9. The Kier molecular flexibility index (Phi) is 4.52. The van der Waals surface area contributed by atoms with Gasteiger partial charge in [-0.1, -0.05) is 15.9 Å². The van der Waals surface area contributed by atoms with Crippen molar-refractivity contribution >= 4 is 28.1 Å². The van der Waals surface area contributed by atoms with Crippen molar-refractivity contribution in [2.24, 2.45) is 5.10 Å². The lowest BCUT2D eigenvalue weighted by atomic mass is 10.2. The molecule has 1 heterocycles. The number of aromatic nitrogens is 2. The molecule has 1 aromatic carbocycles. The van der Waals surface area contributed by atoms with Gasteiger partial charge in [-0.05, 0) is 25.1 Å². The molecule has 2 aromatic rings. The molecule has 0 aliphatic rings. The summed E-state index contributed by atoms with van der Waals surface area (Å²) in [4.78, 5) is 17.9. The fourth-order valence-corrected chi connectivity index (χ4v) is 1.98. The molecule has 0 saturated carbocycles. The van der Waals surface area contributed by atoms with Crippen LogP contribution in [0.3, 0.4) is 0 Å². The number of anilines is 1. The third-order valence-corrected chi connectivity index (χ3v) is 2.93. The first-order valence-electron chi connectivity index (χ1n) is 5.79. The number of nitrogens with zero attached hydrogens (tertiary/aromatic N) is 2. The number of H-pyrrole nitrogens is 1. The lowest BCUT2D eigenvalue weighted by molar-refractivity contribution is 0.414. The molecule has 0 fully saturated rings. The SMILES string of the molecule is COc1ccc(Br)cc1/C=N/Nc1nc(C)cc(=O)[nH]1. The molecule has 0 amide bonds. The molecule has 0 saturated heterocycles. The number of hydrogen-bond acceptors (Lipinski definition) is 5. The highest BCUT2D eigenvalue weighted by Crippen LogP contribution is 2.21. The minimum absolute atomic E-state index is 0.227. The molecule has 0 bridgehead atoms. The molecule has 104 valence electrons. The van der Waals surface area contributed by atoms with Crippen molar-refractivity contribution in [1.82, 2.24) is 9.97 Å². The van der Waals surface area contributed by atoms with Crippen LogP contribution in [-0.2, 0) is 0 Å². The number of methoxy groups -OCH3 is 1. The van der Waals surface area contributed by atoms with E-state index in [0.29, 0.717) is 17.4 Å². The summed E-state index contributed by atoms with van der Waals surface area (Å²) >= 11 is 3.38. The van der Waals surface area contributed by atoms with E-state index in [1.165, 1.54) is 6.07 Å². The molecular weight excluding hydrogens is 324 g/mol. The number of hydrogen-bond donors (Lipinski definition) is 2. The van der Waals surface area contributed by atoms with Gasteiger partial charge < -0.3 is 4.74 Å². The van der Waals surface area contributed by atoms with Crippen LogP contribution < -0.4 is 15.7 Å². The van der Waals surface area contributed by atoms with E-state index in [-0.39, 0.29) is 5.56 Å². The number of hydrazone groups is 1. The molecule has 2 N–H and O–H groups in total. The van der Waals surface area contributed by atoms with Crippen LogP contribution in [-0.4, -0.2) is 23.3 Å². The minimum Gasteiger partial charge on any atom is -0.496 e. The maximum atomic E-state index is 11.3. The van der Waals surface area contributed by atoms with E-state index in [4.69, 9.17) is 4.74 Å². The smallest absolute Gasteiger partial charge is 0.252 e. The van der Waals surface area contributed by atoms with Gasteiger partial charge in [-0.2, -0.15) is 5.10 Å². The normalized spacial score (nSPS) is 10.8. The van der Waals surface area contributed by atoms with Crippen LogP contribution in [0.25, 0.3) is 0 Å². The minimum atomic E-state index is -0.227. The first-order chi connectivity index (χ1) is 9.58. The Balaban J connectivity index is 2.17. The Morgan fingerprint density at radius 3 is 2.95 bits per heavy atom. The van der Waals surface area contributed by atoms with Crippen molar-refractivity contribution in [3.63, 3.8) is 0 Å². The molecule has 0 unspecified atom stereocenters. The standard InChI is InChI=1S/C13H13BrN4O2/c1-8-5-12(19)17-13(16-8)18-15-7-9-6-10(14)3-4-11(9)20-2/h3-7H,1-2H3,(H2,16,17,18,19)/b15-7+. The summed E-state index contributed by atoms with van der Waals surface area (Å²) in [5.74, 6) is 0.990. The molecule has 0 atom stereocenters. The second-order valence-corrected chi connectivity index (χ2v) is 4.91. The quantitative estimate of drug-likeness (QED) is 0.663. The second-order valence-electron chi connectivity index (χ2n) is 3.99. The zero-order chi connectivity index (χ0) is 14.5. The molecule has 0 radical (unpaired) electrons. The van der Waals surface area contributed by atoms with E-state index in [2.05, 4.69) is 36.4 Å². The van der Waals surface area contributed by atoms with Gasteiger partial charge in [0.2, 0.25) is 5.95 Å². The lowest BCUT2D eigenvalue weighted by Gasteiger charge is -2.04. The van der Waals surface area contributed by atoms with Crippen LogP contribution in [0.4, 0.5) is 5.95 Å². The van der Waals surface area contributed by atoms with Crippen LogP contribution in [0, 0.1) is 6.92 Å². The van der Waals surface area contributed by atoms with Crippen molar-refractivity contribution < 1.29 is 4.74 Å². The Bertz CT molecular complexity index is 697. The number of benzene rings is 1. The Morgan fingerprint density at radius 2 is 2.25 bits per heavy atom. The van der Waals surface area contributed by atoms with Gasteiger partial charge >= 0.3 is 0 Å². The summed E-state index contributed by atoms with van der Waals surface area (Å²) in [5.41, 5.74) is 3.86. The fraction of sp³-hybridized carbons (Fsp3) is 0.154. The number of rotatable bonds is 4. The number of halogens is 1. The third kappa shape index (κ3) is 3.67. The molecule has 7 heteroatoms. The van der Waals surface area contributed by atoms with E-state index in [1.807, 2.05) is 18.2 Å². The molecule has 1 aromatic heterocycles. The van der Waals surface area contributed by atoms with Crippen molar-refractivity contribution in [1.29, 1.82) is 0 Å². The van der Waals surface area contributed by atoms with Gasteiger partial charge in [-0.25, -0.2) is 10.4 Å². The summed E-state index contributed by atoms with van der Waals surface area (Å²) in [7, 11) is 1.59. The highest BCUT2D eigenvalue weighted by Gasteiger charge is 2.01. The summed E-state index contributed by atoms with van der Waals surface area (Å²) in [6.45, 7) is 1.74. The van der Waals surface area contributed by atoms with E-state index in [1.54, 1.807) is 20.2 Å². The number of aromatic amines is 1. The van der Waals surface area contributed by atoms with Gasteiger partial charge in [0.25, 0.3) is 5.56 Å². The highest BCUT2D eigenvalue weighted by molar-refractivity contribution is 9.10. The largest absolute Gasteiger partial charge is 0.496 e. The number of aryl methyl sites for hydroxylation is 1. The van der Waals surface area contributed by atoms with E-state index in [0.717, 1.165) is 10.0 Å². The van der Waals surface area contributed by atoms with Gasteiger partial charge in [0, 0.05) is 21.8 Å². The predicted octanol–water partition coefficient (Wildman–Crippen LogP) is 2.30. The van der Waals surface area contributed by atoms with Crippen molar-refractivity contribution in [2.75, 3.05) is 12.5 Å². The maximum Gasteiger partial charge on any atom is 0.252 e. The maximum absolute atomic E-state index is 11.3. The third-order valence-electron chi connectivity index (χ3n) is 2.44. The Hall–Kier alpha value is -2.15. The van der Waals surface area contributed by atoms with Crippen LogP contribution in [0.2, 0.25) is 0 Å². The zero-order valence-corrected chi connectivity index (χ0v) is 12.6. The monoisotopic (exact) mass is 336 g/mol. The van der Waals surface area contributed by atoms with Gasteiger partial charge in [0.1, 0.15) is 5.75 Å². The van der Waals surface area contributed by atoms with Gasteiger partial charge in [-0.15, -0.1) is 0 Å². The average Bonchev–Trinajstić information content (AvgIpc) is 2.38. The van der Waals surface area contributed by atoms with Crippen molar-refractivity contribution in [3.8, 4) is 5.75 Å². The molecule has 20 heavy (non-hydrogen) atoms. The molecule has 0 spiro atoms. The topological polar surface area (TPSA) is 79.4 Å². The first kappa shape index (κ1) is 14.3. The number of nitrogens with one attached hydrogen (secondary N) is 2. The van der Waals surface area contributed by atoms with Crippen LogP contribution >= 0.6 is 15.9 Å². The fourth-order valence-electron chi connectivity index (χ4n) is 1.60.